The lowest BCUT2D eigenvalue weighted by Crippen LogP contribution is -2.02. The Kier molecular flexibility index (Phi) is 4.35. The van der Waals surface area contributed by atoms with Crippen LogP contribution in [0.1, 0.15) is 36.8 Å². The first-order chi connectivity index (χ1) is 7.54. The summed E-state index contributed by atoms with van der Waals surface area (Å²) in [5.74, 6) is 0.294. The molecule has 0 fully saturated rings. The Morgan fingerprint density at radius 1 is 1.50 bits per heavy atom. The van der Waals surface area contributed by atoms with E-state index in [1.165, 1.54) is 0 Å². The number of benzene rings is 1. The van der Waals surface area contributed by atoms with Crippen LogP contribution < -0.4 is 4.74 Å². The van der Waals surface area contributed by atoms with Crippen molar-refractivity contribution in [2.75, 3.05) is 7.11 Å². The average molecular weight is 222 g/mol. The molecule has 0 aliphatic rings. The number of carbonyl (C=O) groups is 1. The zero-order chi connectivity index (χ0) is 12.1. The first-order valence-corrected chi connectivity index (χ1v) is 5.41. The molecule has 0 saturated heterocycles. The number of methoxy groups -OCH3 is 1. The SMILES string of the molecule is COc1cc(C)ccc1C(C)CCC(=O)O. The van der Waals surface area contributed by atoms with E-state index in [1.807, 2.05) is 32.0 Å². The lowest BCUT2D eigenvalue weighted by atomic mass is 9.94. The molecular formula is C13H18O3. The van der Waals surface area contributed by atoms with Gasteiger partial charge in [-0.2, -0.15) is 0 Å². The molecule has 0 bridgehead atoms. The molecule has 3 heteroatoms. The smallest absolute Gasteiger partial charge is 0.303 e. The third kappa shape index (κ3) is 3.26. The van der Waals surface area contributed by atoms with E-state index in [2.05, 4.69) is 0 Å². The minimum Gasteiger partial charge on any atom is -0.496 e. The number of aliphatic carboxylic acids is 1. The van der Waals surface area contributed by atoms with Gasteiger partial charge in [0.2, 0.25) is 0 Å². The molecular weight excluding hydrogens is 204 g/mol. The molecule has 0 spiro atoms. The Morgan fingerprint density at radius 2 is 2.19 bits per heavy atom. The maximum Gasteiger partial charge on any atom is 0.303 e. The molecule has 1 aromatic carbocycles. The normalized spacial score (nSPS) is 12.2. The predicted octanol–water partition coefficient (Wildman–Crippen LogP) is 2.97. The molecule has 1 aromatic rings. The summed E-state index contributed by atoms with van der Waals surface area (Å²) in [4.78, 5) is 10.5. The van der Waals surface area contributed by atoms with Crippen molar-refractivity contribution in [2.24, 2.45) is 0 Å². The molecule has 0 aromatic heterocycles. The Bertz CT molecular complexity index is 371. The monoisotopic (exact) mass is 222 g/mol. The van der Waals surface area contributed by atoms with E-state index >= 15 is 0 Å². The molecule has 1 unspecified atom stereocenters. The van der Waals surface area contributed by atoms with Crippen molar-refractivity contribution < 1.29 is 14.6 Å². The fourth-order valence-corrected chi connectivity index (χ4v) is 1.72. The summed E-state index contributed by atoms with van der Waals surface area (Å²) >= 11 is 0. The van der Waals surface area contributed by atoms with Crippen molar-refractivity contribution in [1.82, 2.24) is 0 Å². The van der Waals surface area contributed by atoms with Crippen LogP contribution in [-0.2, 0) is 4.79 Å². The number of rotatable bonds is 5. The summed E-state index contributed by atoms with van der Waals surface area (Å²) in [6, 6.07) is 6.02. The molecule has 1 rings (SSSR count). The quantitative estimate of drug-likeness (QED) is 0.833. The van der Waals surface area contributed by atoms with Crippen LogP contribution in [0.3, 0.4) is 0 Å². The van der Waals surface area contributed by atoms with Gasteiger partial charge in [0.25, 0.3) is 0 Å². The fraction of sp³-hybridized carbons (Fsp3) is 0.462. The van der Waals surface area contributed by atoms with Gasteiger partial charge >= 0.3 is 5.97 Å². The number of ether oxygens (including phenoxy) is 1. The van der Waals surface area contributed by atoms with Gasteiger partial charge < -0.3 is 9.84 Å². The topological polar surface area (TPSA) is 46.5 Å². The Morgan fingerprint density at radius 3 is 2.75 bits per heavy atom. The van der Waals surface area contributed by atoms with Crippen molar-refractivity contribution in [3.8, 4) is 5.75 Å². The summed E-state index contributed by atoms with van der Waals surface area (Å²) in [7, 11) is 1.64. The van der Waals surface area contributed by atoms with E-state index in [0.717, 1.165) is 16.9 Å². The summed E-state index contributed by atoms with van der Waals surface area (Å²) in [5.41, 5.74) is 2.22. The zero-order valence-corrected chi connectivity index (χ0v) is 9.99. The second-order valence-corrected chi connectivity index (χ2v) is 4.08. The van der Waals surface area contributed by atoms with Crippen LogP contribution in [0.4, 0.5) is 0 Å². The predicted molar refractivity (Wildman–Crippen MR) is 63.0 cm³/mol. The maximum absolute atomic E-state index is 10.5. The third-order valence-corrected chi connectivity index (χ3v) is 2.71. The Hall–Kier alpha value is -1.51. The number of hydrogen-bond donors (Lipinski definition) is 1. The molecule has 0 aliphatic heterocycles. The van der Waals surface area contributed by atoms with Gasteiger partial charge in [-0.25, -0.2) is 0 Å². The van der Waals surface area contributed by atoms with Gasteiger partial charge in [-0.15, -0.1) is 0 Å². The van der Waals surface area contributed by atoms with Crippen molar-refractivity contribution in [3.63, 3.8) is 0 Å². The van der Waals surface area contributed by atoms with Gasteiger partial charge in [0.05, 0.1) is 7.11 Å². The van der Waals surface area contributed by atoms with Crippen LogP contribution in [-0.4, -0.2) is 18.2 Å². The van der Waals surface area contributed by atoms with E-state index < -0.39 is 5.97 Å². The van der Waals surface area contributed by atoms with Gasteiger partial charge in [0.15, 0.2) is 0 Å². The van der Waals surface area contributed by atoms with Crippen LogP contribution in [0.5, 0.6) is 5.75 Å². The minimum absolute atomic E-state index is 0.193. The molecule has 3 nitrogen and oxygen atoms in total. The van der Waals surface area contributed by atoms with Crippen molar-refractivity contribution in [3.05, 3.63) is 29.3 Å². The molecule has 0 amide bonds. The largest absolute Gasteiger partial charge is 0.496 e. The number of carboxylic acid groups (broad SMARTS) is 1. The summed E-state index contributed by atoms with van der Waals surface area (Å²) in [6.45, 7) is 4.03. The van der Waals surface area contributed by atoms with E-state index in [0.29, 0.717) is 6.42 Å². The average Bonchev–Trinajstić information content (AvgIpc) is 2.25. The highest BCUT2D eigenvalue weighted by atomic mass is 16.5. The van der Waals surface area contributed by atoms with Crippen LogP contribution in [0.15, 0.2) is 18.2 Å². The summed E-state index contributed by atoms with van der Waals surface area (Å²) in [5, 5.41) is 8.65. The van der Waals surface area contributed by atoms with Crippen molar-refractivity contribution in [2.45, 2.75) is 32.6 Å². The summed E-state index contributed by atoms with van der Waals surface area (Å²) < 4.78 is 5.31. The molecule has 0 radical (unpaired) electrons. The first-order valence-electron chi connectivity index (χ1n) is 5.41. The molecule has 1 N–H and O–H groups in total. The third-order valence-electron chi connectivity index (χ3n) is 2.71. The van der Waals surface area contributed by atoms with Gasteiger partial charge in [-0.05, 0) is 36.5 Å². The van der Waals surface area contributed by atoms with Gasteiger partial charge in [0.1, 0.15) is 5.75 Å². The maximum atomic E-state index is 10.5. The molecule has 0 aliphatic carbocycles. The van der Waals surface area contributed by atoms with Crippen LogP contribution in [0.2, 0.25) is 0 Å². The van der Waals surface area contributed by atoms with Crippen molar-refractivity contribution >= 4 is 5.97 Å². The van der Waals surface area contributed by atoms with E-state index in [4.69, 9.17) is 9.84 Å². The highest BCUT2D eigenvalue weighted by Gasteiger charge is 2.12. The van der Waals surface area contributed by atoms with Crippen LogP contribution in [0, 0.1) is 6.92 Å². The van der Waals surface area contributed by atoms with Crippen molar-refractivity contribution in [1.29, 1.82) is 0 Å². The Labute approximate surface area is 96.1 Å². The van der Waals surface area contributed by atoms with Crippen LogP contribution in [0.25, 0.3) is 0 Å². The van der Waals surface area contributed by atoms with Gasteiger partial charge in [0, 0.05) is 6.42 Å². The number of hydrogen-bond acceptors (Lipinski definition) is 2. The standard InChI is InChI=1S/C13H18O3/c1-9-4-6-11(12(8-9)16-3)10(2)5-7-13(14)15/h4,6,8,10H,5,7H2,1-3H3,(H,14,15). The second-order valence-electron chi connectivity index (χ2n) is 4.08. The summed E-state index contributed by atoms with van der Waals surface area (Å²) in [6.07, 6.45) is 0.826. The Balaban J connectivity index is 2.81. The highest BCUT2D eigenvalue weighted by molar-refractivity contribution is 5.66. The lowest BCUT2D eigenvalue weighted by molar-refractivity contribution is -0.137. The fourth-order valence-electron chi connectivity index (χ4n) is 1.72. The molecule has 88 valence electrons. The van der Waals surface area contributed by atoms with Crippen LogP contribution >= 0.6 is 0 Å². The lowest BCUT2D eigenvalue weighted by Gasteiger charge is -2.15. The zero-order valence-electron chi connectivity index (χ0n) is 9.99. The number of aryl methyl sites for hydroxylation is 1. The molecule has 16 heavy (non-hydrogen) atoms. The molecule has 0 heterocycles. The van der Waals surface area contributed by atoms with E-state index in [1.54, 1.807) is 7.11 Å². The molecule has 0 saturated carbocycles. The van der Waals surface area contributed by atoms with Gasteiger partial charge in [-0.1, -0.05) is 19.1 Å². The highest BCUT2D eigenvalue weighted by Crippen LogP contribution is 2.30. The van der Waals surface area contributed by atoms with E-state index in [9.17, 15) is 4.79 Å². The second kappa shape index (κ2) is 5.54. The number of carboxylic acids is 1. The minimum atomic E-state index is -0.752. The van der Waals surface area contributed by atoms with E-state index in [-0.39, 0.29) is 12.3 Å². The molecule has 1 atom stereocenters. The first kappa shape index (κ1) is 12.6. The van der Waals surface area contributed by atoms with Gasteiger partial charge in [-0.3, -0.25) is 4.79 Å².